The quantitative estimate of drug-likeness (QED) is 0.583. The molecule has 3 aromatic rings. The fourth-order valence-electron chi connectivity index (χ4n) is 1.78. The van der Waals surface area contributed by atoms with E-state index in [0.29, 0.717) is 10.2 Å². The van der Waals surface area contributed by atoms with Crippen LogP contribution in [0.5, 0.6) is 0 Å². The summed E-state index contributed by atoms with van der Waals surface area (Å²) < 4.78 is 0. The van der Waals surface area contributed by atoms with Gasteiger partial charge in [-0.3, -0.25) is 0 Å². The SMILES string of the molecule is Clc1ccc(Sc2nccc(-c3ccc(Cl)cc3)n2)cc1. The highest BCUT2D eigenvalue weighted by Crippen LogP contribution is 2.27. The zero-order valence-corrected chi connectivity index (χ0v) is 13.2. The summed E-state index contributed by atoms with van der Waals surface area (Å²) in [5.41, 5.74) is 1.89. The summed E-state index contributed by atoms with van der Waals surface area (Å²) in [6, 6.07) is 17.1. The van der Waals surface area contributed by atoms with Crippen LogP contribution in [0.4, 0.5) is 0 Å². The van der Waals surface area contributed by atoms with Crippen molar-refractivity contribution < 1.29 is 0 Å². The molecule has 0 bridgehead atoms. The van der Waals surface area contributed by atoms with Gasteiger partial charge in [-0.05, 0) is 54.2 Å². The van der Waals surface area contributed by atoms with Gasteiger partial charge in [-0.15, -0.1) is 0 Å². The van der Waals surface area contributed by atoms with E-state index >= 15 is 0 Å². The van der Waals surface area contributed by atoms with Gasteiger partial charge >= 0.3 is 0 Å². The Bertz CT molecular complexity index is 743. The number of benzene rings is 2. The van der Waals surface area contributed by atoms with Crippen molar-refractivity contribution in [3.05, 3.63) is 70.8 Å². The summed E-state index contributed by atoms with van der Waals surface area (Å²) in [6.45, 7) is 0. The lowest BCUT2D eigenvalue weighted by Gasteiger charge is -2.04. The Morgan fingerprint density at radius 1 is 0.762 bits per heavy atom. The summed E-state index contributed by atoms with van der Waals surface area (Å²) in [4.78, 5) is 9.91. The lowest BCUT2D eigenvalue weighted by molar-refractivity contribution is 0.973. The molecule has 0 saturated heterocycles. The molecule has 0 unspecified atom stereocenters. The molecular weight excluding hydrogens is 323 g/mol. The lowest BCUT2D eigenvalue weighted by Crippen LogP contribution is -1.89. The summed E-state index contributed by atoms with van der Waals surface area (Å²) in [7, 11) is 0. The van der Waals surface area contributed by atoms with Crippen molar-refractivity contribution in [2.45, 2.75) is 10.1 Å². The molecule has 0 amide bonds. The Morgan fingerprint density at radius 2 is 1.38 bits per heavy atom. The molecule has 0 saturated carbocycles. The maximum absolute atomic E-state index is 5.90. The third-order valence-electron chi connectivity index (χ3n) is 2.80. The Morgan fingerprint density at radius 3 is 2.05 bits per heavy atom. The van der Waals surface area contributed by atoms with Crippen molar-refractivity contribution in [3.63, 3.8) is 0 Å². The molecule has 0 radical (unpaired) electrons. The molecule has 0 N–H and O–H groups in total. The van der Waals surface area contributed by atoms with Crippen molar-refractivity contribution in [3.8, 4) is 11.3 Å². The molecule has 0 fully saturated rings. The predicted octanol–water partition coefficient (Wildman–Crippen LogP) is 5.60. The van der Waals surface area contributed by atoms with E-state index in [1.807, 2.05) is 54.6 Å². The van der Waals surface area contributed by atoms with Gasteiger partial charge in [0.25, 0.3) is 0 Å². The van der Waals surface area contributed by atoms with Crippen LogP contribution in [-0.2, 0) is 0 Å². The van der Waals surface area contributed by atoms with Crippen LogP contribution in [0.1, 0.15) is 0 Å². The van der Waals surface area contributed by atoms with Gasteiger partial charge in [-0.25, -0.2) is 9.97 Å². The predicted molar refractivity (Wildman–Crippen MR) is 88.1 cm³/mol. The maximum Gasteiger partial charge on any atom is 0.192 e. The molecule has 3 rings (SSSR count). The van der Waals surface area contributed by atoms with E-state index in [1.54, 1.807) is 6.20 Å². The van der Waals surface area contributed by atoms with Crippen LogP contribution in [-0.4, -0.2) is 9.97 Å². The highest BCUT2D eigenvalue weighted by molar-refractivity contribution is 7.99. The molecule has 21 heavy (non-hydrogen) atoms. The Kier molecular flexibility index (Phi) is 4.44. The number of aromatic nitrogens is 2. The van der Waals surface area contributed by atoms with Gasteiger partial charge in [0.15, 0.2) is 5.16 Å². The molecule has 0 aliphatic heterocycles. The first-order valence-electron chi connectivity index (χ1n) is 6.23. The van der Waals surface area contributed by atoms with Crippen molar-refractivity contribution >= 4 is 35.0 Å². The lowest BCUT2D eigenvalue weighted by atomic mass is 10.1. The summed E-state index contributed by atoms with van der Waals surface area (Å²) in [6.07, 6.45) is 1.76. The molecule has 0 atom stereocenters. The molecule has 2 nitrogen and oxygen atoms in total. The van der Waals surface area contributed by atoms with Crippen LogP contribution in [0.2, 0.25) is 10.0 Å². The second kappa shape index (κ2) is 6.48. The monoisotopic (exact) mass is 332 g/mol. The first-order chi connectivity index (χ1) is 10.2. The minimum atomic E-state index is 0.699. The van der Waals surface area contributed by atoms with Crippen molar-refractivity contribution in [2.24, 2.45) is 0 Å². The fraction of sp³-hybridized carbons (Fsp3) is 0. The summed E-state index contributed by atoms with van der Waals surface area (Å²) in [5, 5.41) is 2.13. The molecule has 1 aromatic heterocycles. The standard InChI is InChI=1S/C16H10Cl2N2S/c17-12-3-1-11(2-4-12)15-9-10-19-16(20-15)21-14-7-5-13(18)6-8-14/h1-10H. The van der Waals surface area contributed by atoms with Crippen LogP contribution in [0.3, 0.4) is 0 Å². The van der Waals surface area contributed by atoms with Gasteiger partial charge in [-0.2, -0.15) is 0 Å². The molecule has 0 aliphatic carbocycles. The van der Waals surface area contributed by atoms with Gasteiger partial charge < -0.3 is 0 Å². The fourth-order valence-corrected chi connectivity index (χ4v) is 2.77. The van der Waals surface area contributed by atoms with Crippen LogP contribution >= 0.6 is 35.0 Å². The molecule has 2 aromatic carbocycles. The van der Waals surface area contributed by atoms with Gasteiger partial charge in [-0.1, -0.05) is 35.3 Å². The minimum Gasteiger partial charge on any atom is -0.231 e. The molecular formula is C16H10Cl2N2S. The van der Waals surface area contributed by atoms with E-state index < -0.39 is 0 Å². The normalized spacial score (nSPS) is 10.6. The van der Waals surface area contributed by atoms with Crippen molar-refractivity contribution in [1.29, 1.82) is 0 Å². The van der Waals surface area contributed by atoms with Crippen LogP contribution in [0.25, 0.3) is 11.3 Å². The number of halogens is 2. The maximum atomic E-state index is 5.90. The van der Waals surface area contributed by atoms with E-state index in [-0.39, 0.29) is 0 Å². The van der Waals surface area contributed by atoms with Crippen LogP contribution in [0.15, 0.2) is 70.8 Å². The van der Waals surface area contributed by atoms with Gasteiger partial charge in [0, 0.05) is 26.7 Å². The van der Waals surface area contributed by atoms with E-state index in [1.165, 1.54) is 11.8 Å². The van der Waals surface area contributed by atoms with Crippen molar-refractivity contribution in [2.75, 3.05) is 0 Å². The van der Waals surface area contributed by atoms with E-state index in [4.69, 9.17) is 23.2 Å². The van der Waals surface area contributed by atoms with Crippen molar-refractivity contribution in [1.82, 2.24) is 9.97 Å². The Balaban J connectivity index is 1.86. The number of hydrogen-bond acceptors (Lipinski definition) is 3. The minimum absolute atomic E-state index is 0.699. The zero-order chi connectivity index (χ0) is 14.7. The third kappa shape index (κ3) is 3.76. The first kappa shape index (κ1) is 14.4. The number of hydrogen-bond donors (Lipinski definition) is 0. The number of rotatable bonds is 3. The second-order valence-electron chi connectivity index (χ2n) is 4.29. The largest absolute Gasteiger partial charge is 0.231 e. The first-order valence-corrected chi connectivity index (χ1v) is 7.80. The molecule has 0 spiro atoms. The van der Waals surface area contributed by atoms with E-state index in [0.717, 1.165) is 21.2 Å². The molecule has 0 aliphatic rings. The molecule has 5 heteroatoms. The molecule has 1 heterocycles. The third-order valence-corrected chi connectivity index (χ3v) is 4.19. The van der Waals surface area contributed by atoms with Crippen LogP contribution in [0, 0.1) is 0 Å². The number of nitrogens with zero attached hydrogens (tertiary/aromatic N) is 2. The molecule has 104 valence electrons. The zero-order valence-electron chi connectivity index (χ0n) is 10.8. The Hall–Kier alpha value is -1.55. The van der Waals surface area contributed by atoms with Gasteiger partial charge in [0.2, 0.25) is 0 Å². The topological polar surface area (TPSA) is 25.8 Å². The smallest absolute Gasteiger partial charge is 0.192 e. The van der Waals surface area contributed by atoms with Gasteiger partial charge in [0.05, 0.1) is 5.69 Å². The highest BCUT2D eigenvalue weighted by Gasteiger charge is 2.04. The average molecular weight is 333 g/mol. The summed E-state index contributed by atoms with van der Waals surface area (Å²) >= 11 is 13.3. The van der Waals surface area contributed by atoms with Crippen LogP contribution < -0.4 is 0 Å². The Labute approximate surface area is 137 Å². The summed E-state index contributed by atoms with van der Waals surface area (Å²) in [5.74, 6) is 0. The van der Waals surface area contributed by atoms with E-state index in [2.05, 4.69) is 9.97 Å². The van der Waals surface area contributed by atoms with E-state index in [9.17, 15) is 0 Å². The van der Waals surface area contributed by atoms with Gasteiger partial charge in [0.1, 0.15) is 0 Å². The average Bonchev–Trinajstić information content (AvgIpc) is 2.51. The second-order valence-corrected chi connectivity index (χ2v) is 6.20. The highest BCUT2D eigenvalue weighted by atomic mass is 35.5.